The van der Waals surface area contributed by atoms with Crippen molar-refractivity contribution in [2.75, 3.05) is 0 Å². The Morgan fingerprint density at radius 2 is 1.95 bits per heavy atom. The number of aliphatic hydroxyl groups excluding tert-OH is 1. The fourth-order valence-corrected chi connectivity index (χ4v) is 2.81. The number of aliphatic hydroxyl groups is 1. The van der Waals surface area contributed by atoms with Gasteiger partial charge in [-0.25, -0.2) is 9.97 Å². The van der Waals surface area contributed by atoms with Gasteiger partial charge in [0.2, 0.25) is 0 Å². The fraction of sp³-hybridized carbons (Fsp3) is 0.533. The van der Waals surface area contributed by atoms with Crippen LogP contribution in [-0.2, 0) is 6.42 Å². The molecule has 1 aliphatic carbocycles. The molecule has 0 spiro atoms. The number of nitrogens with zero attached hydrogens (tertiary/aromatic N) is 4. The third-order valence-electron chi connectivity index (χ3n) is 3.90. The van der Waals surface area contributed by atoms with Gasteiger partial charge in [-0.3, -0.25) is 4.68 Å². The Morgan fingerprint density at radius 1 is 1.20 bits per heavy atom. The van der Waals surface area contributed by atoms with E-state index in [-0.39, 0.29) is 0 Å². The maximum absolute atomic E-state index is 10.1. The molecule has 20 heavy (non-hydrogen) atoms. The van der Waals surface area contributed by atoms with Crippen LogP contribution < -0.4 is 0 Å². The third-order valence-corrected chi connectivity index (χ3v) is 3.90. The molecule has 0 bridgehead atoms. The van der Waals surface area contributed by atoms with Crippen molar-refractivity contribution < 1.29 is 5.11 Å². The highest BCUT2D eigenvalue weighted by Gasteiger charge is 2.17. The lowest BCUT2D eigenvalue weighted by Crippen LogP contribution is -2.14. The molecule has 1 N–H and O–H groups in total. The molecule has 1 unspecified atom stereocenters. The molecule has 5 nitrogen and oxygen atoms in total. The van der Waals surface area contributed by atoms with Gasteiger partial charge in [0.15, 0.2) is 5.82 Å². The number of hydrogen-bond acceptors (Lipinski definition) is 4. The van der Waals surface area contributed by atoms with Crippen molar-refractivity contribution in [2.24, 2.45) is 0 Å². The van der Waals surface area contributed by atoms with Crippen LogP contribution in [0.1, 0.15) is 55.8 Å². The first kappa shape index (κ1) is 13.2. The Hall–Kier alpha value is -1.75. The van der Waals surface area contributed by atoms with Crippen LogP contribution in [0.4, 0.5) is 0 Å². The minimum atomic E-state index is -0.689. The Kier molecular flexibility index (Phi) is 4.06. The van der Waals surface area contributed by atoms with Crippen LogP contribution in [0.15, 0.2) is 30.7 Å². The standard InChI is InChI=1S/C15H20N4O/c20-14(15-16-8-4-9-17-15)11-12-7-10-19(18-12)13-5-2-1-3-6-13/h4,7-10,13-14,20H,1-3,5-6,11H2. The molecule has 2 aromatic heterocycles. The molecule has 106 valence electrons. The van der Waals surface area contributed by atoms with E-state index in [1.807, 2.05) is 12.3 Å². The van der Waals surface area contributed by atoms with Gasteiger partial charge in [0.05, 0.1) is 11.7 Å². The van der Waals surface area contributed by atoms with Crippen LogP contribution in [0.25, 0.3) is 0 Å². The van der Waals surface area contributed by atoms with Gasteiger partial charge in [-0.05, 0) is 25.0 Å². The van der Waals surface area contributed by atoms with E-state index < -0.39 is 6.10 Å². The van der Waals surface area contributed by atoms with Crippen LogP contribution in [-0.4, -0.2) is 24.9 Å². The summed E-state index contributed by atoms with van der Waals surface area (Å²) in [6.07, 6.45) is 11.4. The molecule has 2 heterocycles. The molecule has 0 radical (unpaired) electrons. The second-order valence-corrected chi connectivity index (χ2v) is 5.41. The van der Waals surface area contributed by atoms with Crippen molar-refractivity contribution >= 4 is 0 Å². The van der Waals surface area contributed by atoms with E-state index in [1.54, 1.807) is 18.5 Å². The number of rotatable bonds is 4. The van der Waals surface area contributed by atoms with Crippen LogP contribution in [0.3, 0.4) is 0 Å². The zero-order valence-electron chi connectivity index (χ0n) is 11.5. The smallest absolute Gasteiger partial charge is 0.157 e. The average molecular weight is 272 g/mol. The summed E-state index contributed by atoms with van der Waals surface area (Å²) in [4.78, 5) is 8.15. The second-order valence-electron chi connectivity index (χ2n) is 5.41. The predicted molar refractivity (Wildman–Crippen MR) is 75.0 cm³/mol. The normalized spacial score (nSPS) is 18.1. The van der Waals surface area contributed by atoms with Gasteiger partial charge >= 0.3 is 0 Å². The summed E-state index contributed by atoms with van der Waals surface area (Å²) >= 11 is 0. The zero-order valence-corrected chi connectivity index (χ0v) is 11.5. The van der Waals surface area contributed by atoms with Crippen molar-refractivity contribution in [3.8, 4) is 0 Å². The van der Waals surface area contributed by atoms with E-state index in [4.69, 9.17) is 0 Å². The van der Waals surface area contributed by atoms with Gasteiger partial charge in [-0.15, -0.1) is 0 Å². The molecule has 1 atom stereocenters. The Balaban J connectivity index is 1.65. The molecule has 0 aromatic carbocycles. The Bertz CT molecular complexity index is 534. The molecule has 2 aromatic rings. The van der Waals surface area contributed by atoms with Crippen molar-refractivity contribution in [2.45, 2.75) is 50.7 Å². The molecule has 0 amide bonds. The van der Waals surface area contributed by atoms with Crippen LogP contribution in [0, 0.1) is 0 Å². The minimum absolute atomic E-state index is 0.458. The van der Waals surface area contributed by atoms with E-state index in [1.165, 1.54) is 32.1 Å². The van der Waals surface area contributed by atoms with Gasteiger partial charge in [0.25, 0.3) is 0 Å². The van der Waals surface area contributed by atoms with E-state index in [9.17, 15) is 5.11 Å². The van der Waals surface area contributed by atoms with Crippen LogP contribution in [0.2, 0.25) is 0 Å². The molecular formula is C15H20N4O. The summed E-state index contributed by atoms with van der Waals surface area (Å²) in [6.45, 7) is 0. The monoisotopic (exact) mass is 272 g/mol. The van der Waals surface area contributed by atoms with E-state index >= 15 is 0 Å². The Morgan fingerprint density at radius 3 is 2.70 bits per heavy atom. The third kappa shape index (κ3) is 3.04. The topological polar surface area (TPSA) is 63.8 Å². The summed E-state index contributed by atoms with van der Waals surface area (Å²) in [7, 11) is 0. The number of aromatic nitrogens is 4. The van der Waals surface area contributed by atoms with Gasteiger partial charge < -0.3 is 5.11 Å². The lowest BCUT2D eigenvalue weighted by atomic mass is 9.96. The molecule has 1 aliphatic rings. The first-order valence-corrected chi connectivity index (χ1v) is 7.32. The molecule has 3 rings (SSSR count). The van der Waals surface area contributed by atoms with Crippen molar-refractivity contribution in [1.82, 2.24) is 19.7 Å². The molecule has 0 aliphatic heterocycles. The quantitative estimate of drug-likeness (QED) is 0.928. The van der Waals surface area contributed by atoms with E-state index in [2.05, 4.69) is 19.7 Å². The van der Waals surface area contributed by atoms with Gasteiger partial charge in [-0.2, -0.15) is 5.10 Å². The summed E-state index contributed by atoms with van der Waals surface area (Å²) in [5.41, 5.74) is 0.899. The van der Waals surface area contributed by atoms with Gasteiger partial charge in [0.1, 0.15) is 6.10 Å². The largest absolute Gasteiger partial charge is 0.385 e. The Labute approximate surface area is 118 Å². The number of hydrogen-bond donors (Lipinski definition) is 1. The summed E-state index contributed by atoms with van der Waals surface area (Å²) in [6, 6.07) is 4.26. The average Bonchev–Trinajstić information content (AvgIpc) is 2.97. The molecule has 1 fully saturated rings. The van der Waals surface area contributed by atoms with Crippen LogP contribution in [0.5, 0.6) is 0 Å². The van der Waals surface area contributed by atoms with E-state index in [0.717, 1.165) is 5.69 Å². The first-order chi connectivity index (χ1) is 9.83. The minimum Gasteiger partial charge on any atom is -0.385 e. The van der Waals surface area contributed by atoms with E-state index in [0.29, 0.717) is 18.3 Å². The molecule has 1 saturated carbocycles. The van der Waals surface area contributed by atoms with Crippen molar-refractivity contribution in [3.63, 3.8) is 0 Å². The lowest BCUT2D eigenvalue weighted by Gasteiger charge is -2.21. The lowest BCUT2D eigenvalue weighted by molar-refractivity contribution is 0.166. The molecular weight excluding hydrogens is 252 g/mol. The van der Waals surface area contributed by atoms with Crippen molar-refractivity contribution in [3.05, 3.63) is 42.2 Å². The SMILES string of the molecule is OC(Cc1ccn(C2CCCCC2)n1)c1ncccn1. The van der Waals surface area contributed by atoms with Crippen LogP contribution >= 0.6 is 0 Å². The zero-order chi connectivity index (χ0) is 13.8. The predicted octanol–water partition coefficient (Wildman–Crippen LogP) is 2.45. The highest BCUT2D eigenvalue weighted by molar-refractivity contribution is 5.05. The first-order valence-electron chi connectivity index (χ1n) is 7.32. The maximum Gasteiger partial charge on any atom is 0.157 e. The highest BCUT2D eigenvalue weighted by Crippen LogP contribution is 2.27. The molecule has 5 heteroatoms. The second kappa shape index (κ2) is 6.13. The summed E-state index contributed by atoms with van der Waals surface area (Å²) in [5, 5.41) is 14.7. The maximum atomic E-state index is 10.1. The fourth-order valence-electron chi connectivity index (χ4n) is 2.81. The summed E-state index contributed by atoms with van der Waals surface area (Å²) in [5.74, 6) is 0.458. The molecule has 0 saturated heterocycles. The highest BCUT2D eigenvalue weighted by atomic mass is 16.3. The van der Waals surface area contributed by atoms with Gasteiger partial charge in [-0.1, -0.05) is 19.3 Å². The summed E-state index contributed by atoms with van der Waals surface area (Å²) < 4.78 is 2.06. The van der Waals surface area contributed by atoms with Gasteiger partial charge in [0, 0.05) is 25.0 Å². The van der Waals surface area contributed by atoms with Crippen molar-refractivity contribution in [1.29, 1.82) is 0 Å².